The molecule has 2 aromatic rings. The molecule has 0 atom stereocenters. The topological polar surface area (TPSA) is 66.4 Å². The van der Waals surface area contributed by atoms with Gasteiger partial charge in [0, 0.05) is 17.3 Å². The molecule has 0 bridgehead atoms. The zero-order valence-electron chi connectivity index (χ0n) is 10.9. The van der Waals surface area contributed by atoms with Gasteiger partial charge in [-0.15, -0.1) is 0 Å². The molecule has 0 unspecified atom stereocenters. The minimum absolute atomic E-state index is 0.0749. The molecule has 21 heavy (non-hydrogen) atoms. The van der Waals surface area contributed by atoms with E-state index in [4.69, 9.17) is 5.11 Å². The lowest BCUT2D eigenvalue weighted by molar-refractivity contribution is -0.111. The number of hydrogen-bond acceptors (Lipinski definition) is 2. The molecule has 4 nitrogen and oxygen atoms in total. The smallest absolute Gasteiger partial charge is 0.335 e. The molecule has 1 amide bonds. The Morgan fingerprint density at radius 3 is 2.57 bits per heavy atom. The molecule has 0 saturated carbocycles. The Hall–Kier alpha value is -2.95. The third-order valence-corrected chi connectivity index (χ3v) is 2.70. The number of rotatable bonds is 4. The largest absolute Gasteiger partial charge is 0.478 e. The van der Waals surface area contributed by atoms with Crippen LogP contribution in [0.5, 0.6) is 0 Å². The first-order valence-electron chi connectivity index (χ1n) is 6.13. The predicted molar refractivity (Wildman–Crippen MR) is 77.5 cm³/mol. The summed E-state index contributed by atoms with van der Waals surface area (Å²) in [5.74, 6) is -1.97. The van der Waals surface area contributed by atoms with E-state index in [1.807, 2.05) is 0 Å². The van der Waals surface area contributed by atoms with Gasteiger partial charge in [-0.05, 0) is 30.3 Å². The highest BCUT2D eigenvalue weighted by Crippen LogP contribution is 2.12. The highest BCUT2D eigenvalue weighted by atomic mass is 19.1. The molecule has 0 fully saturated rings. The fourth-order valence-electron chi connectivity index (χ4n) is 1.69. The average Bonchev–Trinajstić information content (AvgIpc) is 2.46. The highest BCUT2D eigenvalue weighted by molar-refractivity contribution is 6.02. The number of carboxylic acids is 1. The van der Waals surface area contributed by atoms with Crippen LogP contribution >= 0.6 is 0 Å². The first-order valence-corrected chi connectivity index (χ1v) is 6.13. The number of halogens is 1. The number of carbonyl (C=O) groups is 2. The van der Waals surface area contributed by atoms with Crippen molar-refractivity contribution in [3.63, 3.8) is 0 Å². The molecule has 2 aromatic carbocycles. The maximum absolute atomic E-state index is 13.4. The van der Waals surface area contributed by atoms with Crippen LogP contribution in [-0.2, 0) is 4.79 Å². The lowest BCUT2D eigenvalue weighted by Gasteiger charge is -2.03. The van der Waals surface area contributed by atoms with Crippen LogP contribution in [-0.4, -0.2) is 17.0 Å². The molecule has 0 saturated heterocycles. The molecule has 0 radical (unpaired) electrons. The summed E-state index contributed by atoms with van der Waals surface area (Å²) in [6.07, 6.45) is 2.54. The van der Waals surface area contributed by atoms with Crippen molar-refractivity contribution >= 4 is 23.6 Å². The van der Waals surface area contributed by atoms with Crippen LogP contribution in [0.3, 0.4) is 0 Å². The minimum atomic E-state index is -1.08. The molecular weight excluding hydrogens is 273 g/mol. The SMILES string of the molecule is O=C(C=Cc1ccccc1F)Nc1cccc(C(=O)O)c1. The summed E-state index contributed by atoms with van der Waals surface area (Å²) >= 11 is 0. The second-order valence-corrected chi connectivity index (χ2v) is 4.23. The van der Waals surface area contributed by atoms with E-state index >= 15 is 0 Å². The third kappa shape index (κ3) is 4.01. The Morgan fingerprint density at radius 1 is 1.10 bits per heavy atom. The van der Waals surface area contributed by atoms with Crippen molar-refractivity contribution < 1.29 is 19.1 Å². The lowest BCUT2D eigenvalue weighted by Crippen LogP contribution is -2.08. The molecule has 0 aliphatic heterocycles. The van der Waals surface area contributed by atoms with Crippen LogP contribution in [0.1, 0.15) is 15.9 Å². The number of anilines is 1. The van der Waals surface area contributed by atoms with Crippen LogP contribution in [0, 0.1) is 5.82 Å². The first-order chi connectivity index (χ1) is 10.1. The zero-order chi connectivity index (χ0) is 15.2. The van der Waals surface area contributed by atoms with Gasteiger partial charge in [0.15, 0.2) is 0 Å². The number of aromatic carboxylic acids is 1. The highest BCUT2D eigenvalue weighted by Gasteiger charge is 2.04. The summed E-state index contributed by atoms with van der Waals surface area (Å²) in [5, 5.41) is 11.4. The van der Waals surface area contributed by atoms with Gasteiger partial charge in [0.25, 0.3) is 0 Å². The summed E-state index contributed by atoms with van der Waals surface area (Å²) in [4.78, 5) is 22.5. The van der Waals surface area contributed by atoms with E-state index in [0.717, 1.165) is 0 Å². The number of nitrogens with one attached hydrogen (secondary N) is 1. The summed E-state index contributed by atoms with van der Waals surface area (Å²) in [7, 11) is 0. The maximum Gasteiger partial charge on any atom is 0.335 e. The van der Waals surface area contributed by atoms with E-state index in [1.165, 1.54) is 36.4 Å². The summed E-state index contributed by atoms with van der Waals surface area (Å²) in [6.45, 7) is 0. The number of benzene rings is 2. The van der Waals surface area contributed by atoms with Gasteiger partial charge < -0.3 is 10.4 Å². The maximum atomic E-state index is 13.4. The lowest BCUT2D eigenvalue weighted by atomic mass is 10.2. The van der Waals surface area contributed by atoms with E-state index < -0.39 is 17.7 Å². The summed E-state index contributed by atoms with van der Waals surface area (Å²) in [6, 6.07) is 11.9. The van der Waals surface area contributed by atoms with Crippen molar-refractivity contribution in [3.8, 4) is 0 Å². The third-order valence-electron chi connectivity index (χ3n) is 2.70. The van der Waals surface area contributed by atoms with Gasteiger partial charge in [-0.2, -0.15) is 0 Å². The van der Waals surface area contributed by atoms with Crippen molar-refractivity contribution in [2.45, 2.75) is 0 Å². The monoisotopic (exact) mass is 285 g/mol. The Kier molecular flexibility index (Phi) is 4.46. The second kappa shape index (κ2) is 6.47. The predicted octanol–water partition coefficient (Wildman–Crippen LogP) is 3.18. The zero-order valence-corrected chi connectivity index (χ0v) is 10.9. The Labute approximate surface area is 120 Å². The van der Waals surface area contributed by atoms with Crippen molar-refractivity contribution in [1.82, 2.24) is 0 Å². The molecule has 2 rings (SSSR count). The van der Waals surface area contributed by atoms with Crippen LogP contribution in [0.15, 0.2) is 54.6 Å². The van der Waals surface area contributed by atoms with Gasteiger partial charge in [0.2, 0.25) is 5.91 Å². The van der Waals surface area contributed by atoms with E-state index in [-0.39, 0.29) is 5.56 Å². The summed E-state index contributed by atoms with van der Waals surface area (Å²) in [5.41, 5.74) is 0.732. The Bertz CT molecular complexity index is 710. The van der Waals surface area contributed by atoms with E-state index in [1.54, 1.807) is 24.3 Å². The standard InChI is InChI=1S/C16H12FNO3/c17-14-7-2-1-4-11(14)8-9-15(19)18-13-6-3-5-12(10-13)16(20)21/h1-10H,(H,18,19)(H,20,21). The van der Waals surface area contributed by atoms with Gasteiger partial charge in [-0.1, -0.05) is 24.3 Å². The van der Waals surface area contributed by atoms with Gasteiger partial charge in [0.05, 0.1) is 5.56 Å². The molecule has 5 heteroatoms. The number of amides is 1. The van der Waals surface area contributed by atoms with Crippen molar-refractivity contribution in [3.05, 3.63) is 71.6 Å². The number of carbonyl (C=O) groups excluding carboxylic acids is 1. The van der Waals surface area contributed by atoms with Gasteiger partial charge in [0.1, 0.15) is 5.82 Å². The number of hydrogen-bond donors (Lipinski definition) is 2. The number of carboxylic acid groups (broad SMARTS) is 1. The van der Waals surface area contributed by atoms with E-state index in [9.17, 15) is 14.0 Å². The quantitative estimate of drug-likeness (QED) is 0.848. The fourth-order valence-corrected chi connectivity index (χ4v) is 1.69. The molecule has 2 N–H and O–H groups in total. The molecule has 0 aliphatic carbocycles. The van der Waals surface area contributed by atoms with Gasteiger partial charge >= 0.3 is 5.97 Å². The van der Waals surface area contributed by atoms with Gasteiger partial charge in [-0.25, -0.2) is 9.18 Å². The minimum Gasteiger partial charge on any atom is -0.478 e. The Balaban J connectivity index is 2.07. The van der Waals surface area contributed by atoms with Crippen molar-refractivity contribution in [2.75, 3.05) is 5.32 Å². The molecule has 106 valence electrons. The molecule has 0 aromatic heterocycles. The summed E-state index contributed by atoms with van der Waals surface area (Å²) < 4.78 is 13.4. The molecular formula is C16H12FNO3. The van der Waals surface area contributed by atoms with Crippen LogP contribution in [0.2, 0.25) is 0 Å². The van der Waals surface area contributed by atoms with Crippen LogP contribution < -0.4 is 5.32 Å². The average molecular weight is 285 g/mol. The molecule has 0 heterocycles. The van der Waals surface area contributed by atoms with Gasteiger partial charge in [-0.3, -0.25) is 4.79 Å². The van der Waals surface area contributed by atoms with Crippen molar-refractivity contribution in [2.24, 2.45) is 0 Å². The first kappa shape index (κ1) is 14.5. The van der Waals surface area contributed by atoms with Crippen LogP contribution in [0.25, 0.3) is 6.08 Å². The normalized spacial score (nSPS) is 10.5. The van der Waals surface area contributed by atoms with E-state index in [2.05, 4.69) is 5.32 Å². The molecule has 0 spiro atoms. The second-order valence-electron chi connectivity index (χ2n) is 4.23. The fraction of sp³-hybridized carbons (Fsp3) is 0. The van der Waals surface area contributed by atoms with Crippen molar-refractivity contribution in [1.29, 1.82) is 0 Å². The Morgan fingerprint density at radius 2 is 1.86 bits per heavy atom. The van der Waals surface area contributed by atoms with E-state index in [0.29, 0.717) is 11.3 Å². The molecule has 0 aliphatic rings. The van der Waals surface area contributed by atoms with Crippen LogP contribution in [0.4, 0.5) is 10.1 Å².